The quantitative estimate of drug-likeness (QED) is 0.548. The van der Waals surface area contributed by atoms with E-state index in [0.29, 0.717) is 33.0 Å². The van der Waals surface area contributed by atoms with Crippen LogP contribution in [0.1, 0.15) is 30.0 Å². The number of carbonyl (C=O) groups excluding carboxylic acids is 4. The molecule has 5 amide bonds. The average molecular weight is 536 g/mol. The third-order valence-electron chi connectivity index (χ3n) is 6.67. The van der Waals surface area contributed by atoms with E-state index in [0.717, 1.165) is 19.1 Å². The lowest BCUT2D eigenvalue weighted by molar-refractivity contribution is -0.187. The standard InChI is InChI=1S/C25H24F4N4O5/c1-14(25(27,28)29)32(12-15-3-5-17(26)6-4-15)20(34)13-33-21(35)24(38-23(33)37)10-9-16-11-18(7-8-19(16)24)31-22(36)30-2/h3-8,11,14H,9-10,12-13H2,1-2H3,(H2,30,31,36). The predicted molar refractivity (Wildman–Crippen MR) is 125 cm³/mol. The lowest BCUT2D eigenvalue weighted by Gasteiger charge is -2.31. The van der Waals surface area contributed by atoms with Gasteiger partial charge in [-0.2, -0.15) is 13.2 Å². The molecule has 4 rings (SSSR count). The minimum absolute atomic E-state index is 0.0687. The van der Waals surface area contributed by atoms with E-state index in [1.54, 1.807) is 6.07 Å². The molecule has 2 atom stereocenters. The van der Waals surface area contributed by atoms with Gasteiger partial charge in [0.25, 0.3) is 5.91 Å². The number of nitrogens with one attached hydrogen (secondary N) is 2. The summed E-state index contributed by atoms with van der Waals surface area (Å²) < 4.78 is 59.4. The van der Waals surface area contributed by atoms with Gasteiger partial charge in [0.2, 0.25) is 11.5 Å². The topological polar surface area (TPSA) is 108 Å². The zero-order chi connectivity index (χ0) is 27.8. The summed E-state index contributed by atoms with van der Waals surface area (Å²) >= 11 is 0. The average Bonchev–Trinajstić information content (AvgIpc) is 3.34. The van der Waals surface area contributed by atoms with Gasteiger partial charge in [-0.25, -0.2) is 18.9 Å². The third-order valence-corrected chi connectivity index (χ3v) is 6.67. The predicted octanol–water partition coefficient (Wildman–Crippen LogP) is 3.68. The molecule has 1 heterocycles. The summed E-state index contributed by atoms with van der Waals surface area (Å²) in [5.41, 5.74) is -0.0256. The number of hydrogen-bond donors (Lipinski definition) is 2. The normalized spacial score (nSPS) is 19.3. The van der Waals surface area contributed by atoms with Crippen LogP contribution in [0.15, 0.2) is 42.5 Å². The molecule has 2 aromatic carbocycles. The van der Waals surface area contributed by atoms with Gasteiger partial charge in [0.15, 0.2) is 0 Å². The Hall–Kier alpha value is -4.16. The van der Waals surface area contributed by atoms with Crippen LogP contribution in [0.3, 0.4) is 0 Å². The third kappa shape index (κ3) is 5.00. The minimum Gasteiger partial charge on any atom is -0.427 e. The number of anilines is 1. The highest BCUT2D eigenvalue weighted by Gasteiger charge is 2.58. The van der Waals surface area contributed by atoms with Crippen LogP contribution < -0.4 is 10.6 Å². The molecule has 1 aliphatic carbocycles. The SMILES string of the molecule is CNC(=O)Nc1ccc2c(c1)CCC21OC(=O)N(CC(=O)N(Cc2ccc(F)cc2)C(C)C(F)(F)F)C1=O. The van der Waals surface area contributed by atoms with Crippen LogP contribution in [0.4, 0.5) is 32.8 Å². The van der Waals surface area contributed by atoms with Crippen molar-refractivity contribution in [3.63, 3.8) is 0 Å². The first-order valence-corrected chi connectivity index (χ1v) is 11.6. The van der Waals surface area contributed by atoms with Crippen molar-refractivity contribution in [1.82, 2.24) is 15.1 Å². The number of imide groups is 1. The summed E-state index contributed by atoms with van der Waals surface area (Å²) in [6.07, 6.45) is -5.55. The molecule has 0 bridgehead atoms. The maximum Gasteiger partial charge on any atom is 0.418 e. The second-order valence-electron chi connectivity index (χ2n) is 9.03. The number of aryl methyl sites for hydroxylation is 1. The Morgan fingerprint density at radius 2 is 1.84 bits per heavy atom. The van der Waals surface area contributed by atoms with Crippen LogP contribution in [0.25, 0.3) is 0 Å². The molecule has 0 aromatic heterocycles. The van der Waals surface area contributed by atoms with E-state index >= 15 is 0 Å². The molecule has 2 N–H and O–H groups in total. The smallest absolute Gasteiger partial charge is 0.418 e. The van der Waals surface area contributed by atoms with Crippen LogP contribution in [-0.4, -0.2) is 59.5 Å². The fourth-order valence-electron chi connectivity index (χ4n) is 4.55. The molecule has 0 saturated carbocycles. The molecule has 2 aromatic rings. The summed E-state index contributed by atoms with van der Waals surface area (Å²) in [5.74, 6) is -2.59. The van der Waals surface area contributed by atoms with E-state index in [2.05, 4.69) is 10.6 Å². The first kappa shape index (κ1) is 26.9. The van der Waals surface area contributed by atoms with Gasteiger partial charge in [0.05, 0.1) is 0 Å². The van der Waals surface area contributed by atoms with Crippen LogP contribution in [-0.2, 0) is 32.9 Å². The second-order valence-corrected chi connectivity index (χ2v) is 9.03. The number of carbonyl (C=O) groups is 4. The Balaban J connectivity index is 1.56. The number of urea groups is 1. The first-order valence-electron chi connectivity index (χ1n) is 11.6. The largest absolute Gasteiger partial charge is 0.427 e. The second kappa shape index (κ2) is 9.95. The molecule has 0 radical (unpaired) electrons. The van der Waals surface area contributed by atoms with Crippen molar-refractivity contribution in [3.8, 4) is 0 Å². The van der Waals surface area contributed by atoms with Crippen LogP contribution in [0.2, 0.25) is 0 Å². The molecular formula is C25H24F4N4O5. The van der Waals surface area contributed by atoms with Crippen molar-refractivity contribution in [2.24, 2.45) is 0 Å². The number of nitrogens with zero attached hydrogens (tertiary/aromatic N) is 2. The van der Waals surface area contributed by atoms with E-state index in [-0.39, 0.29) is 12.0 Å². The molecule has 13 heteroatoms. The summed E-state index contributed by atoms with van der Waals surface area (Å²) in [7, 11) is 1.44. The first-order chi connectivity index (χ1) is 17.9. The fourth-order valence-corrected chi connectivity index (χ4v) is 4.55. The van der Waals surface area contributed by atoms with Crippen LogP contribution in [0, 0.1) is 5.82 Å². The van der Waals surface area contributed by atoms with Gasteiger partial charge in [0.1, 0.15) is 18.4 Å². The lowest BCUT2D eigenvalue weighted by atomic mass is 9.94. The monoisotopic (exact) mass is 536 g/mol. The van der Waals surface area contributed by atoms with Crippen molar-refractivity contribution in [1.29, 1.82) is 0 Å². The molecule has 2 aliphatic rings. The van der Waals surface area contributed by atoms with Crippen LogP contribution >= 0.6 is 0 Å². The molecule has 1 aliphatic heterocycles. The van der Waals surface area contributed by atoms with Gasteiger partial charge >= 0.3 is 18.3 Å². The Morgan fingerprint density at radius 3 is 2.47 bits per heavy atom. The van der Waals surface area contributed by atoms with Gasteiger partial charge in [-0.3, -0.25) is 9.59 Å². The minimum atomic E-state index is -4.79. The Labute approximate surface area is 214 Å². The fraction of sp³-hybridized carbons (Fsp3) is 0.360. The van der Waals surface area contributed by atoms with Gasteiger partial charge in [-0.05, 0) is 48.7 Å². The number of halogens is 4. The number of amides is 5. The molecule has 38 heavy (non-hydrogen) atoms. The zero-order valence-corrected chi connectivity index (χ0v) is 20.4. The summed E-state index contributed by atoms with van der Waals surface area (Å²) in [6.45, 7) is -0.705. The van der Waals surface area contributed by atoms with Crippen molar-refractivity contribution < 1.29 is 41.5 Å². The number of ether oxygens (including phenoxy) is 1. The van der Waals surface area contributed by atoms with Gasteiger partial charge in [-0.15, -0.1) is 0 Å². The van der Waals surface area contributed by atoms with Gasteiger partial charge in [0, 0.05) is 31.3 Å². The van der Waals surface area contributed by atoms with E-state index in [4.69, 9.17) is 4.74 Å². The lowest BCUT2D eigenvalue weighted by Crippen LogP contribution is -2.51. The van der Waals surface area contributed by atoms with Crippen LogP contribution in [0.5, 0.6) is 0 Å². The Bertz CT molecular complexity index is 1280. The molecule has 1 fully saturated rings. The van der Waals surface area contributed by atoms with E-state index in [1.807, 2.05) is 0 Å². The maximum absolute atomic E-state index is 13.6. The van der Waals surface area contributed by atoms with Crippen molar-refractivity contribution >= 4 is 29.6 Å². The van der Waals surface area contributed by atoms with Gasteiger partial charge in [-0.1, -0.05) is 18.2 Å². The number of hydrogen-bond acceptors (Lipinski definition) is 5. The van der Waals surface area contributed by atoms with Crippen molar-refractivity contribution in [3.05, 3.63) is 65.0 Å². The maximum atomic E-state index is 13.6. The number of rotatable bonds is 6. The highest BCUT2D eigenvalue weighted by molar-refractivity contribution is 6.06. The Morgan fingerprint density at radius 1 is 1.16 bits per heavy atom. The highest BCUT2D eigenvalue weighted by Crippen LogP contribution is 2.46. The summed E-state index contributed by atoms with van der Waals surface area (Å²) in [6, 6.07) is 6.55. The number of benzene rings is 2. The van der Waals surface area contributed by atoms with E-state index in [9.17, 15) is 36.7 Å². The molecule has 2 unspecified atom stereocenters. The van der Waals surface area contributed by atoms with Crippen molar-refractivity contribution in [2.75, 3.05) is 18.9 Å². The van der Waals surface area contributed by atoms with E-state index < -0.39 is 60.7 Å². The number of fused-ring (bicyclic) bond motifs is 2. The summed E-state index contributed by atoms with van der Waals surface area (Å²) in [4.78, 5) is 51.8. The molecular weight excluding hydrogens is 512 g/mol. The van der Waals surface area contributed by atoms with E-state index in [1.165, 1.54) is 31.3 Å². The zero-order valence-electron chi connectivity index (χ0n) is 20.4. The number of alkyl halides is 3. The molecule has 1 saturated heterocycles. The Kier molecular flexibility index (Phi) is 7.04. The molecule has 9 nitrogen and oxygen atoms in total. The molecule has 1 spiro atoms. The highest BCUT2D eigenvalue weighted by atomic mass is 19.4. The summed E-state index contributed by atoms with van der Waals surface area (Å²) in [5, 5.41) is 5.00. The molecule has 202 valence electrons. The van der Waals surface area contributed by atoms with Gasteiger partial charge < -0.3 is 20.3 Å². The van der Waals surface area contributed by atoms with Crippen molar-refractivity contribution in [2.45, 2.75) is 44.1 Å².